The van der Waals surface area contributed by atoms with Crippen molar-refractivity contribution in [2.45, 2.75) is 41.5 Å². The van der Waals surface area contributed by atoms with Gasteiger partial charge in [0, 0.05) is 33.6 Å². The number of rotatable bonds is 4. The summed E-state index contributed by atoms with van der Waals surface area (Å²) in [6.07, 6.45) is 2.07. The normalized spacial score (nSPS) is 11.8. The first-order chi connectivity index (χ1) is 24.2. The Morgan fingerprint density at radius 2 is 0.980 bits per heavy atom. The monoisotopic (exact) mass is 646 g/mol. The maximum atomic E-state index is 4.63. The van der Waals surface area contributed by atoms with Crippen molar-refractivity contribution in [1.29, 1.82) is 0 Å². The molecule has 242 valence electrons. The maximum absolute atomic E-state index is 4.63. The first kappa shape index (κ1) is 30.1. The van der Waals surface area contributed by atoms with Crippen LogP contribution in [0.25, 0.3) is 77.6 Å². The van der Waals surface area contributed by atoms with Crippen LogP contribution in [0.15, 0.2) is 121 Å². The standard InChI is InChI=1S/C46H38N4/c1-27-21-29(3)43(30(4)22-27)35-13-17-41-39(25-35)40-26-36(44-31(5)23-28(2)24-32(44)6)14-18-42(40)50(41)37-15-11-34(12-16-37)45-47-48-46-38-10-8-7-9-33(38)19-20-49(45)46/h7-26H,1-6H3. The number of aryl methyl sites for hydroxylation is 6. The Hall–Kier alpha value is -6.00. The van der Waals surface area contributed by atoms with E-state index in [2.05, 4.69) is 182 Å². The van der Waals surface area contributed by atoms with Gasteiger partial charge < -0.3 is 4.57 Å². The molecule has 0 aliphatic heterocycles. The molecule has 0 bridgehead atoms. The summed E-state index contributed by atoms with van der Waals surface area (Å²) < 4.78 is 4.49. The SMILES string of the molecule is Cc1cc(C)c(-c2ccc3c(c2)c2cc(-c4c(C)cc(C)cc4C)ccc2n3-c2ccc(-c3nnc4c5ccccc5ccn34)cc2)c(C)c1. The highest BCUT2D eigenvalue weighted by Crippen LogP contribution is 2.40. The molecule has 0 aliphatic rings. The molecule has 0 aliphatic carbocycles. The van der Waals surface area contributed by atoms with E-state index in [4.69, 9.17) is 0 Å². The third kappa shape index (κ3) is 4.67. The Morgan fingerprint density at radius 3 is 1.54 bits per heavy atom. The minimum atomic E-state index is 0.835. The summed E-state index contributed by atoms with van der Waals surface area (Å²) in [7, 11) is 0. The topological polar surface area (TPSA) is 35.1 Å². The lowest BCUT2D eigenvalue weighted by Gasteiger charge is -2.13. The predicted octanol–water partition coefficient (Wildman–Crippen LogP) is 11.8. The minimum absolute atomic E-state index is 0.835. The van der Waals surface area contributed by atoms with Gasteiger partial charge in [-0.3, -0.25) is 4.40 Å². The zero-order valence-corrected chi connectivity index (χ0v) is 29.3. The van der Waals surface area contributed by atoms with Crippen LogP contribution < -0.4 is 0 Å². The molecule has 3 heterocycles. The van der Waals surface area contributed by atoms with Gasteiger partial charge in [0.2, 0.25) is 0 Å². The Balaban J connectivity index is 1.24. The Morgan fingerprint density at radius 1 is 0.460 bits per heavy atom. The predicted molar refractivity (Wildman–Crippen MR) is 210 cm³/mol. The molecule has 0 saturated heterocycles. The van der Waals surface area contributed by atoms with E-state index in [1.165, 1.54) is 77.4 Å². The molecule has 0 atom stereocenters. The van der Waals surface area contributed by atoms with Gasteiger partial charge in [-0.1, -0.05) is 71.8 Å². The second-order valence-corrected chi connectivity index (χ2v) is 14.0. The van der Waals surface area contributed by atoms with E-state index in [-0.39, 0.29) is 0 Å². The first-order valence-corrected chi connectivity index (χ1v) is 17.3. The molecule has 0 amide bonds. The van der Waals surface area contributed by atoms with Gasteiger partial charge in [0.15, 0.2) is 11.5 Å². The molecule has 0 saturated carbocycles. The highest BCUT2D eigenvalue weighted by atomic mass is 15.2. The number of aromatic nitrogens is 4. The smallest absolute Gasteiger partial charge is 0.168 e. The van der Waals surface area contributed by atoms with Crippen LogP contribution >= 0.6 is 0 Å². The summed E-state index contributed by atoms with van der Waals surface area (Å²) in [6, 6.07) is 42.4. The third-order valence-corrected chi connectivity index (χ3v) is 10.4. The molecular weight excluding hydrogens is 609 g/mol. The Bertz CT molecular complexity index is 2650. The lowest BCUT2D eigenvalue weighted by Crippen LogP contribution is -1.95. The molecule has 3 aromatic heterocycles. The van der Waals surface area contributed by atoms with E-state index < -0.39 is 0 Å². The van der Waals surface area contributed by atoms with Gasteiger partial charge in [-0.25, -0.2) is 0 Å². The highest BCUT2D eigenvalue weighted by molar-refractivity contribution is 6.12. The van der Waals surface area contributed by atoms with Gasteiger partial charge in [-0.05, 0) is 146 Å². The molecule has 6 aromatic carbocycles. The van der Waals surface area contributed by atoms with Crippen molar-refractivity contribution in [3.8, 4) is 39.3 Å². The average Bonchev–Trinajstić information content (AvgIpc) is 3.67. The summed E-state index contributed by atoms with van der Waals surface area (Å²) >= 11 is 0. The molecule has 0 unspecified atom stereocenters. The van der Waals surface area contributed by atoms with Crippen molar-refractivity contribution in [1.82, 2.24) is 19.2 Å². The van der Waals surface area contributed by atoms with Crippen LogP contribution in [0.1, 0.15) is 33.4 Å². The van der Waals surface area contributed by atoms with Gasteiger partial charge in [0.05, 0.1) is 11.0 Å². The highest BCUT2D eigenvalue weighted by Gasteiger charge is 2.18. The second kappa shape index (κ2) is 11.3. The lowest BCUT2D eigenvalue weighted by molar-refractivity contribution is 1.11. The molecule has 0 spiro atoms. The Labute approximate surface area is 292 Å². The molecule has 4 nitrogen and oxygen atoms in total. The van der Waals surface area contributed by atoms with E-state index >= 15 is 0 Å². The Kier molecular flexibility index (Phi) is 6.79. The maximum Gasteiger partial charge on any atom is 0.168 e. The number of nitrogens with zero attached hydrogens (tertiary/aromatic N) is 4. The van der Waals surface area contributed by atoms with E-state index in [1.54, 1.807) is 0 Å². The molecular formula is C46H38N4. The fourth-order valence-electron chi connectivity index (χ4n) is 8.46. The van der Waals surface area contributed by atoms with Gasteiger partial charge in [-0.2, -0.15) is 0 Å². The fourth-order valence-corrected chi connectivity index (χ4v) is 8.46. The van der Waals surface area contributed by atoms with Crippen LogP contribution in [0.3, 0.4) is 0 Å². The summed E-state index contributed by atoms with van der Waals surface area (Å²) in [5.41, 5.74) is 18.3. The van der Waals surface area contributed by atoms with Crippen LogP contribution in [0, 0.1) is 41.5 Å². The molecule has 9 aromatic rings. The second-order valence-electron chi connectivity index (χ2n) is 14.0. The van der Waals surface area contributed by atoms with E-state index in [0.29, 0.717) is 0 Å². The van der Waals surface area contributed by atoms with Gasteiger partial charge in [0.25, 0.3) is 0 Å². The van der Waals surface area contributed by atoms with Crippen LogP contribution in [0.2, 0.25) is 0 Å². The van der Waals surface area contributed by atoms with Crippen molar-refractivity contribution in [3.05, 3.63) is 155 Å². The third-order valence-electron chi connectivity index (χ3n) is 10.4. The lowest BCUT2D eigenvalue weighted by atomic mass is 9.91. The first-order valence-electron chi connectivity index (χ1n) is 17.3. The average molecular weight is 647 g/mol. The summed E-state index contributed by atoms with van der Waals surface area (Å²) in [4.78, 5) is 0. The van der Waals surface area contributed by atoms with Crippen molar-refractivity contribution in [3.63, 3.8) is 0 Å². The molecule has 0 N–H and O–H groups in total. The van der Waals surface area contributed by atoms with Crippen molar-refractivity contribution in [2.75, 3.05) is 0 Å². The van der Waals surface area contributed by atoms with Crippen molar-refractivity contribution >= 4 is 38.2 Å². The van der Waals surface area contributed by atoms with Gasteiger partial charge in [0.1, 0.15) is 0 Å². The zero-order chi connectivity index (χ0) is 34.3. The summed E-state index contributed by atoms with van der Waals surface area (Å²) in [6.45, 7) is 13.3. The van der Waals surface area contributed by atoms with Crippen LogP contribution in [-0.4, -0.2) is 19.2 Å². The number of hydrogen-bond acceptors (Lipinski definition) is 2. The van der Waals surface area contributed by atoms with E-state index in [0.717, 1.165) is 33.5 Å². The number of benzene rings is 6. The van der Waals surface area contributed by atoms with Gasteiger partial charge in [-0.15, -0.1) is 10.2 Å². The molecule has 4 heteroatoms. The quantitative estimate of drug-likeness (QED) is 0.191. The number of hydrogen-bond donors (Lipinski definition) is 0. The van der Waals surface area contributed by atoms with E-state index in [9.17, 15) is 0 Å². The van der Waals surface area contributed by atoms with E-state index in [1.807, 2.05) is 0 Å². The number of pyridine rings is 1. The molecule has 0 fully saturated rings. The van der Waals surface area contributed by atoms with Crippen molar-refractivity contribution < 1.29 is 0 Å². The van der Waals surface area contributed by atoms with Gasteiger partial charge >= 0.3 is 0 Å². The van der Waals surface area contributed by atoms with Crippen LogP contribution in [0.4, 0.5) is 0 Å². The largest absolute Gasteiger partial charge is 0.309 e. The zero-order valence-electron chi connectivity index (χ0n) is 29.3. The summed E-state index contributed by atoms with van der Waals surface area (Å²) in [5, 5.41) is 14.0. The van der Waals surface area contributed by atoms with Crippen LogP contribution in [0.5, 0.6) is 0 Å². The minimum Gasteiger partial charge on any atom is -0.309 e. The number of fused-ring (bicyclic) bond motifs is 6. The molecule has 50 heavy (non-hydrogen) atoms. The fraction of sp³-hybridized carbons (Fsp3) is 0.130. The molecule has 0 radical (unpaired) electrons. The van der Waals surface area contributed by atoms with Crippen LogP contribution in [-0.2, 0) is 0 Å². The molecule has 9 rings (SSSR count). The van der Waals surface area contributed by atoms with Crippen molar-refractivity contribution in [2.24, 2.45) is 0 Å². The summed E-state index contributed by atoms with van der Waals surface area (Å²) in [5.74, 6) is 0.835.